The number of benzene rings is 1. The molecule has 0 radical (unpaired) electrons. The van der Waals surface area contributed by atoms with Gasteiger partial charge in [-0.05, 0) is 48.8 Å². The van der Waals surface area contributed by atoms with E-state index in [-0.39, 0.29) is 6.03 Å². The van der Waals surface area contributed by atoms with Gasteiger partial charge in [-0.25, -0.2) is 9.78 Å². The van der Waals surface area contributed by atoms with E-state index < -0.39 is 0 Å². The Labute approximate surface area is 156 Å². The number of hydrogen-bond acceptors (Lipinski definition) is 4. The summed E-state index contributed by atoms with van der Waals surface area (Å²) in [4.78, 5) is 18.5. The number of thioether (sulfide) groups is 1. The van der Waals surface area contributed by atoms with Crippen LogP contribution in [0.2, 0.25) is 5.02 Å². The minimum Gasteiger partial charge on any atom is -0.322 e. The minimum atomic E-state index is -0.178. The summed E-state index contributed by atoms with van der Waals surface area (Å²) in [5.41, 5.74) is 1.02. The number of amides is 1. The third kappa shape index (κ3) is 3.70. The van der Waals surface area contributed by atoms with Crippen molar-refractivity contribution in [2.45, 2.75) is 42.6 Å². The second-order valence-electron chi connectivity index (χ2n) is 7.07. The number of hydrogen-bond donors (Lipinski definition) is 0. The molecule has 2 saturated carbocycles. The number of halogens is 1. The van der Waals surface area contributed by atoms with Crippen LogP contribution < -0.4 is 0 Å². The summed E-state index contributed by atoms with van der Waals surface area (Å²) in [7, 11) is 1.77. The normalized spacial score (nSPS) is 24.6. The molecule has 0 spiro atoms. The Bertz CT molecular complexity index is 763. The van der Waals surface area contributed by atoms with E-state index in [2.05, 4.69) is 10.1 Å². The highest BCUT2D eigenvalue weighted by Crippen LogP contribution is 2.50. The van der Waals surface area contributed by atoms with Gasteiger partial charge in [0, 0.05) is 23.9 Å². The van der Waals surface area contributed by atoms with E-state index in [0.717, 1.165) is 17.4 Å². The van der Waals surface area contributed by atoms with E-state index in [4.69, 9.17) is 11.6 Å². The highest BCUT2D eigenvalue weighted by molar-refractivity contribution is 7.99. The van der Waals surface area contributed by atoms with Crippen molar-refractivity contribution in [1.29, 1.82) is 0 Å². The molecule has 25 heavy (non-hydrogen) atoms. The van der Waals surface area contributed by atoms with Crippen LogP contribution in [-0.4, -0.2) is 38.0 Å². The van der Waals surface area contributed by atoms with Gasteiger partial charge < -0.3 is 4.90 Å². The van der Waals surface area contributed by atoms with Crippen molar-refractivity contribution >= 4 is 29.4 Å². The van der Waals surface area contributed by atoms with E-state index in [0.29, 0.717) is 22.0 Å². The van der Waals surface area contributed by atoms with E-state index in [9.17, 15) is 4.79 Å². The Kier molecular flexibility index (Phi) is 4.73. The lowest BCUT2D eigenvalue weighted by atomic mass is 10.0. The second-order valence-corrected chi connectivity index (χ2v) is 8.71. The van der Waals surface area contributed by atoms with Crippen LogP contribution in [0.15, 0.2) is 35.7 Å². The Hall–Kier alpha value is -1.53. The monoisotopic (exact) mass is 376 g/mol. The molecular formula is C18H21ClN4OS. The fourth-order valence-corrected chi connectivity index (χ4v) is 5.41. The molecule has 0 N–H and O–H groups in total. The predicted octanol–water partition coefficient (Wildman–Crippen LogP) is 4.31. The van der Waals surface area contributed by atoms with E-state index in [1.54, 1.807) is 23.7 Å². The molecule has 1 amide bonds. The minimum absolute atomic E-state index is 0.178. The van der Waals surface area contributed by atoms with Gasteiger partial charge in [0.2, 0.25) is 5.16 Å². The zero-order chi connectivity index (χ0) is 17.4. The van der Waals surface area contributed by atoms with Gasteiger partial charge in [0.15, 0.2) is 0 Å². The van der Waals surface area contributed by atoms with Crippen molar-refractivity contribution < 1.29 is 4.79 Å². The van der Waals surface area contributed by atoms with Crippen LogP contribution in [0.5, 0.6) is 0 Å². The topological polar surface area (TPSA) is 51.0 Å². The first kappa shape index (κ1) is 16.9. The Morgan fingerprint density at radius 1 is 1.32 bits per heavy atom. The smallest absolute Gasteiger partial charge is 0.322 e. The van der Waals surface area contributed by atoms with Crippen LogP contribution in [0.3, 0.4) is 0 Å². The average molecular weight is 377 g/mol. The van der Waals surface area contributed by atoms with Crippen molar-refractivity contribution in [2.75, 3.05) is 7.05 Å². The standard InChI is InChI=1S/C18H21ClN4OS/c1-22(10-12-3-6-15(19)7-4-12)18(24)23-11-20-17(21-23)25-16-9-13-2-5-14(16)8-13/h3-4,6-7,11,13-14,16H,2,5,8-10H2,1H3/t13-,14-,16-/m1/s1. The molecule has 1 aromatic heterocycles. The lowest BCUT2D eigenvalue weighted by Crippen LogP contribution is -2.31. The Balaban J connectivity index is 1.37. The highest BCUT2D eigenvalue weighted by Gasteiger charge is 2.40. The molecule has 0 saturated heterocycles. The Morgan fingerprint density at radius 3 is 2.80 bits per heavy atom. The van der Waals surface area contributed by atoms with Gasteiger partial charge in [-0.2, -0.15) is 4.68 Å². The molecule has 3 atom stereocenters. The predicted molar refractivity (Wildman–Crippen MR) is 98.8 cm³/mol. The summed E-state index contributed by atoms with van der Waals surface area (Å²) < 4.78 is 1.34. The van der Waals surface area contributed by atoms with Crippen LogP contribution in [0.25, 0.3) is 0 Å². The zero-order valence-electron chi connectivity index (χ0n) is 14.1. The number of carbonyl (C=O) groups is 1. The van der Waals surface area contributed by atoms with Gasteiger partial charge in [-0.1, -0.05) is 41.9 Å². The van der Waals surface area contributed by atoms with Gasteiger partial charge in [0.25, 0.3) is 0 Å². The van der Waals surface area contributed by atoms with Gasteiger partial charge in [0.05, 0.1) is 0 Å². The van der Waals surface area contributed by atoms with Crippen molar-refractivity contribution in [1.82, 2.24) is 19.7 Å². The van der Waals surface area contributed by atoms with Gasteiger partial charge in [0.1, 0.15) is 6.33 Å². The van der Waals surface area contributed by atoms with Crippen molar-refractivity contribution in [2.24, 2.45) is 11.8 Å². The summed E-state index contributed by atoms with van der Waals surface area (Å²) in [6.07, 6.45) is 6.88. The molecule has 1 heterocycles. The molecule has 2 fully saturated rings. The summed E-state index contributed by atoms with van der Waals surface area (Å²) >= 11 is 7.64. The number of fused-ring (bicyclic) bond motifs is 2. The first-order valence-electron chi connectivity index (χ1n) is 8.66. The zero-order valence-corrected chi connectivity index (χ0v) is 15.7. The molecule has 2 aliphatic carbocycles. The molecule has 1 aromatic carbocycles. The maximum Gasteiger partial charge on any atom is 0.346 e. The Morgan fingerprint density at radius 2 is 2.12 bits per heavy atom. The maximum absolute atomic E-state index is 12.5. The van der Waals surface area contributed by atoms with Crippen LogP contribution in [0, 0.1) is 11.8 Å². The number of aromatic nitrogens is 3. The summed E-state index contributed by atoms with van der Waals surface area (Å²) in [6, 6.07) is 7.32. The fourth-order valence-electron chi connectivity index (χ4n) is 3.97. The first-order chi connectivity index (χ1) is 12.1. The van der Waals surface area contributed by atoms with Crippen LogP contribution in [0.1, 0.15) is 31.2 Å². The lowest BCUT2D eigenvalue weighted by molar-refractivity contribution is 0.205. The largest absolute Gasteiger partial charge is 0.346 e. The molecule has 4 rings (SSSR count). The highest BCUT2D eigenvalue weighted by atomic mass is 35.5. The second kappa shape index (κ2) is 7.00. The average Bonchev–Trinajstić information content (AvgIpc) is 3.33. The maximum atomic E-state index is 12.5. The van der Waals surface area contributed by atoms with E-state index in [1.165, 1.54) is 36.7 Å². The van der Waals surface area contributed by atoms with E-state index in [1.807, 2.05) is 24.3 Å². The lowest BCUT2D eigenvalue weighted by Gasteiger charge is -2.19. The van der Waals surface area contributed by atoms with Crippen molar-refractivity contribution in [3.05, 3.63) is 41.2 Å². The third-order valence-corrected chi connectivity index (χ3v) is 6.79. The summed E-state index contributed by atoms with van der Waals surface area (Å²) in [6.45, 7) is 0.505. The summed E-state index contributed by atoms with van der Waals surface area (Å²) in [5, 5.41) is 6.42. The third-order valence-electron chi connectivity index (χ3n) is 5.26. The number of nitrogens with zero attached hydrogens (tertiary/aromatic N) is 4. The first-order valence-corrected chi connectivity index (χ1v) is 9.92. The van der Waals surface area contributed by atoms with Gasteiger partial charge in [-0.3, -0.25) is 0 Å². The number of carbonyl (C=O) groups excluding carboxylic acids is 1. The molecule has 2 aliphatic rings. The van der Waals surface area contributed by atoms with Crippen LogP contribution >= 0.6 is 23.4 Å². The van der Waals surface area contributed by atoms with Gasteiger partial charge >= 0.3 is 6.03 Å². The van der Waals surface area contributed by atoms with Crippen molar-refractivity contribution in [3.63, 3.8) is 0 Å². The van der Waals surface area contributed by atoms with E-state index >= 15 is 0 Å². The molecular weight excluding hydrogens is 356 g/mol. The molecule has 2 bridgehead atoms. The van der Waals surface area contributed by atoms with Crippen LogP contribution in [0.4, 0.5) is 4.79 Å². The van der Waals surface area contributed by atoms with Gasteiger partial charge in [-0.15, -0.1) is 5.10 Å². The fraction of sp³-hybridized carbons (Fsp3) is 0.500. The van der Waals surface area contributed by atoms with Crippen molar-refractivity contribution in [3.8, 4) is 0 Å². The molecule has 7 heteroatoms. The molecule has 0 aliphatic heterocycles. The van der Waals surface area contributed by atoms with Crippen LogP contribution in [-0.2, 0) is 6.54 Å². The molecule has 5 nitrogen and oxygen atoms in total. The molecule has 2 aromatic rings. The molecule has 132 valence electrons. The SMILES string of the molecule is CN(Cc1ccc(Cl)cc1)C(=O)n1cnc(S[C@@H]2C[C@@H]3CC[C@@H]2C3)n1. The summed E-state index contributed by atoms with van der Waals surface area (Å²) in [5.74, 6) is 1.71. The number of rotatable bonds is 4. The quantitative estimate of drug-likeness (QED) is 0.797. The molecule has 0 unspecified atom stereocenters.